The average Bonchev–Trinajstić information content (AvgIpc) is 3.35. The number of carbonyl (C=O) groups excluding carboxylic acids is 1. The third-order valence-electron chi connectivity index (χ3n) is 4.63. The quantitative estimate of drug-likeness (QED) is 0.691. The zero-order chi connectivity index (χ0) is 18.8. The van der Waals surface area contributed by atoms with E-state index in [9.17, 15) is 4.79 Å². The number of ether oxygens (including phenoxy) is 2. The highest BCUT2D eigenvalue weighted by molar-refractivity contribution is 5.96. The molecule has 7 nitrogen and oxygen atoms in total. The van der Waals surface area contributed by atoms with E-state index in [1.165, 1.54) is 0 Å². The number of hydrogen-bond donors (Lipinski definition) is 0. The summed E-state index contributed by atoms with van der Waals surface area (Å²) in [6.07, 6.45) is 0.350. The lowest BCUT2D eigenvalue weighted by atomic mass is 10.1. The molecule has 0 spiro atoms. The minimum Gasteiger partial charge on any atom is -0.493 e. The van der Waals surface area contributed by atoms with Gasteiger partial charge in [0.05, 0.1) is 20.1 Å². The third kappa shape index (κ3) is 3.23. The van der Waals surface area contributed by atoms with Crippen molar-refractivity contribution in [1.29, 1.82) is 0 Å². The predicted octanol–water partition coefficient (Wildman–Crippen LogP) is 3.27. The molecule has 0 radical (unpaired) electrons. The van der Waals surface area contributed by atoms with Crippen LogP contribution in [0.4, 0.5) is 5.69 Å². The van der Waals surface area contributed by atoms with Gasteiger partial charge in [-0.15, -0.1) is 0 Å². The minimum atomic E-state index is -0.126. The first-order chi connectivity index (χ1) is 13.2. The van der Waals surface area contributed by atoms with Gasteiger partial charge in [0, 0.05) is 24.2 Å². The number of anilines is 1. The molecule has 0 aliphatic carbocycles. The van der Waals surface area contributed by atoms with Crippen molar-refractivity contribution < 1.29 is 18.8 Å². The number of methoxy groups -OCH3 is 2. The van der Waals surface area contributed by atoms with Crippen LogP contribution in [0.2, 0.25) is 0 Å². The van der Waals surface area contributed by atoms with Crippen molar-refractivity contribution >= 4 is 11.6 Å². The first kappa shape index (κ1) is 17.1. The van der Waals surface area contributed by atoms with E-state index in [2.05, 4.69) is 10.1 Å². The Balaban J connectivity index is 1.56. The fourth-order valence-electron chi connectivity index (χ4n) is 3.22. The maximum absolute atomic E-state index is 12.4. The van der Waals surface area contributed by atoms with Crippen LogP contribution in [-0.4, -0.2) is 36.8 Å². The third-order valence-corrected chi connectivity index (χ3v) is 4.63. The van der Waals surface area contributed by atoms with Gasteiger partial charge in [-0.1, -0.05) is 23.4 Å². The van der Waals surface area contributed by atoms with Gasteiger partial charge in [-0.25, -0.2) is 0 Å². The number of benzene rings is 2. The Morgan fingerprint density at radius 1 is 1.07 bits per heavy atom. The number of nitrogens with zero attached hydrogens (tertiary/aromatic N) is 3. The van der Waals surface area contributed by atoms with Crippen LogP contribution in [0.25, 0.3) is 11.4 Å². The second-order valence-corrected chi connectivity index (χ2v) is 6.27. The van der Waals surface area contributed by atoms with E-state index in [1.807, 2.05) is 36.4 Å². The molecule has 2 heterocycles. The van der Waals surface area contributed by atoms with Crippen LogP contribution in [0.15, 0.2) is 53.1 Å². The summed E-state index contributed by atoms with van der Waals surface area (Å²) in [5.41, 5.74) is 1.64. The molecule has 1 fully saturated rings. The topological polar surface area (TPSA) is 77.7 Å². The van der Waals surface area contributed by atoms with E-state index < -0.39 is 0 Å². The molecule has 0 unspecified atom stereocenters. The van der Waals surface area contributed by atoms with Gasteiger partial charge in [0.25, 0.3) is 0 Å². The van der Waals surface area contributed by atoms with Crippen molar-refractivity contribution in [2.24, 2.45) is 0 Å². The van der Waals surface area contributed by atoms with Crippen LogP contribution in [0.3, 0.4) is 0 Å². The Morgan fingerprint density at radius 3 is 2.59 bits per heavy atom. The molecule has 0 saturated carbocycles. The molecule has 3 aromatic rings. The van der Waals surface area contributed by atoms with E-state index >= 15 is 0 Å². The van der Waals surface area contributed by atoms with Gasteiger partial charge < -0.3 is 18.9 Å². The molecular weight excluding hydrogens is 346 g/mol. The summed E-state index contributed by atoms with van der Waals surface area (Å²) in [6.45, 7) is 0.524. The smallest absolute Gasteiger partial charge is 0.232 e. The fraction of sp³-hybridized carbons (Fsp3) is 0.250. The molecule has 1 aromatic heterocycles. The van der Waals surface area contributed by atoms with Crippen LogP contribution in [0, 0.1) is 0 Å². The van der Waals surface area contributed by atoms with Crippen LogP contribution < -0.4 is 14.4 Å². The number of carbonyl (C=O) groups is 1. The minimum absolute atomic E-state index is 0.0528. The lowest BCUT2D eigenvalue weighted by Crippen LogP contribution is -2.24. The maximum Gasteiger partial charge on any atom is 0.232 e. The molecule has 1 aliphatic rings. The van der Waals surface area contributed by atoms with E-state index in [0.717, 1.165) is 11.3 Å². The summed E-state index contributed by atoms with van der Waals surface area (Å²) in [5.74, 6) is 2.07. The van der Waals surface area contributed by atoms with Gasteiger partial charge in [-0.05, 0) is 30.3 Å². The summed E-state index contributed by atoms with van der Waals surface area (Å²) in [4.78, 5) is 18.7. The van der Waals surface area contributed by atoms with Crippen molar-refractivity contribution in [2.45, 2.75) is 12.3 Å². The maximum atomic E-state index is 12.4. The van der Waals surface area contributed by atoms with Gasteiger partial charge in [-0.2, -0.15) is 4.98 Å². The molecule has 7 heteroatoms. The molecular formula is C20H19N3O4. The molecule has 0 bridgehead atoms. The summed E-state index contributed by atoms with van der Waals surface area (Å²) >= 11 is 0. The first-order valence-corrected chi connectivity index (χ1v) is 8.61. The first-order valence-electron chi connectivity index (χ1n) is 8.61. The number of aromatic nitrogens is 2. The zero-order valence-electron chi connectivity index (χ0n) is 15.1. The fourth-order valence-corrected chi connectivity index (χ4v) is 3.22. The van der Waals surface area contributed by atoms with E-state index in [4.69, 9.17) is 14.0 Å². The normalized spacial score (nSPS) is 16.6. The lowest BCUT2D eigenvalue weighted by Gasteiger charge is -2.15. The standard InChI is InChI=1S/C20H19N3O4/c1-25-16-9-8-13(10-17(16)26-2)19-21-20(27-22-19)14-11-18(24)23(12-14)15-6-4-3-5-7-15/h3-10,14H,11-12H2,1-2H3/t14-/m1/s1. The SMILES string of the molecule is COc1ccc(-c2noc([C@@H]3CC(=O)N(c4ccccc4)C3)n2)cc1OC. The monoisotopic (exact) mass is 365 g/mol. The molecule has 1 amide bonds. The summed E-state index contributed by atoms with van der Waals surface area (Å²) < 4.78 is 16.0. The average molecular weight is 365 g/mol. The van der Waals surface area contributed by atoms with Crippen molar-refractivity contribution in [1.82, 2.24) is 10.1 Å². The zero-order valence-corrected chi connectivity index (χ0v) is 15.1. The molecule has 4 rings (SSSR count). The Kier molecular flexibility index (Phi) is 4.50. The van der Waals surface area contributed by atoms with E-state index in [-0.39, 0.29) is 11.8 Å². The van der Waals surface area contributed by atoms with Gasteiger partial charge in [-0.3, -0.25) is 4.79 Å². The predicted molar refractivity (Wildman–Crippen MR) is 99.0 cm³/mol. The highest BCUT2D eigenvalue weighted by atomic mass is 16.5. The largest absolute Gasteiger partial charge is 0.493 e. The van der Waals surface area contributed by atoms with Crippen molar-refractivity contribution in [3.05, 3.63) is 54.4 Å². The van der Waals surface area contributed by atoms with Crippen molar-refractivity contribution in [3.63, 3.8) is 0 Å². The number of hydrogen-bond acceptors (Lipinski definition) is 6. The Bertz CT molecular complexity index is 955. The van der Waals surface area contributed by atoms with Crippen LogP contribution >= 0.6 is 0 Å². The van der Waals surface area contributed by atoms with Gasteiger partial charge in [0.15, 0.2) is 11.5 Å². The highest BCUT2D eigenvalue weighted by Crippen LogP contribution is 2.34. The van der Waals surface area contributed by atoms with Crippen LogP contribution in [0.5, 0.6) is 11.5 Å². The molecule has 0 N–H and O–H groups in total. The number of para-hydroxylation sites is 1. The highest BCUT2D eigenvalue weighted by Gasteiger charge is 2.35. The van der Waals surface area contributed by atoms with E-state index in [1.54, 1.807) is 31.3 Å². The van der Waals surface area contributed by atoms with Crippen LogP contribution in [-0.2, 0) is 4.79 Å². The van der Waals surface area contributed by atoms with Gasteiger partial charge in [0.2, 0.25) is 17.6 Å². The summed E-state index contributed by atoms with van der Waals surface area (Å²) in [5, 5.41) is 4.07. The van der Waals surface area contributed by atoms with E-state index in [0.29, 0.717) is 36.2 Å². The van der Waals surface area contributed by atoms with Crippen LogP contribution in [0.1, 0.15) is 18.2 Å². The summed E-state index contributed by atoms with van der Waals surface area (Å²) in [7, 11) is 3.16. The second kappa shape index (κ2) is 7.11. The Morgan fingerprint density at radius 2 is 1.85 bits per heavy atom. The Labute approximate surface area is 156 Å². The second-order valence-electron chi connectivity index (χ2n) is 6.27. The molecule has 138 valence electrons. The molecule has 1 aliphatic heterocycles. The van der Waals surface area contributed by atoms with Gasteiger partial charge >= 0.3 is 0 Å². The van der Waals surface area contributed by atoms with Gasteiger partial charge in [0.1, 0.15) is 0 Å². The molecule has 1 saturated heterocycles. The van der Waals surface area contributed by atoms with Crippen molar-refractivity contribution in [3.8, 4) is 22.9 Å². The lowest BCUT2D eigenvalue weighted by molar-refractivity contribution is -0.117. The molecule has 1 atom stereocenters. The summed E-state index contributed by atoms with van der Waals surface area (Å²) in [6, 6.07) is 15.0. The molecule has 2 aromatic carbocycles. The van der Waals surface area contributed by atoms with Crippen molar-refractivity contribution in [2.75, 3.05) is 25.7 Å². The molecule has 27 heavy (non-hydrogen) atoms. The number of amides is 1. The Hall–Kier alpha value is -3.35. The number of rotatable bonds is 5.